The third kappa shape index (κ3) is 2.68. The minimum atomic E-state index is -1.01. The van der Waals surface area contributed by atoms with Gasteiger partial charge in [-0.2, -0.15) is 0 Å². The molecule has 0 N–H and O–H groups in total. The van der Waals surface area contributed by atoms with E-state index in [1.165, 1.54) is 12.1 Å². The highest BCUT2D eigenvalue weighted by Gasteiger charge is 2.38. The summed E-state index contributed by atoms with van der Waals surface area (Å²) in [6, 6.07) is 8.73. The van der Waals surface area contributed by atoms with Crippen LogP contribution in [0.2, 0.25) is 0 Å². The number of hydrogen-bond acceptors (Lipinski definition) is 4. The van der Waals surface area contributed by atoms with Crippen molar-refractivity contribution in [3.63, 3.8) is 0 Å². The predicted octanol–water partition coefficient (Wildman–Crippen LogP) is 2.26. The first kappa shape index (κ1) is 14.8. The number of nitrogens with zero attached hydrogens (tertiary/aromatic N) is 1. The van der Waals surface area contributed by atoms with Crippen LogP contribution < -0.4 is 0 Å². The Morgan fingerprint density at radius 3 is 2.17 bits per heavy atom. The molecule has 0 saturated carbocycles. The molecule has 2 aromatic rings. The molecule has 2 amide bonds. The molecule has 116 valence electrons. The lowest BCUT2D eigenvalue weighted by molar-refractivity contribution is -0.167. The second-order valence-corrected chi connectivity index (χ2v) is 4.83. The van der Waals surface area contributed by atoms with E-state index in [4.69, 9.17) is 4.84 Å². The summed E-state index contributed by atoms with van der Waals surface area (Å²) < 4.78 is 26.3. The maximum atomic E-state index is 13.5. The number of hydroxylamine groups is 2. The first-order valence-corrected chi connectivity index (χ1v) is 6.60. The van der Waals surface area contributed by atoms with Crippen molar-refractivity contribution in [1.29, 1.82) is 0 Å². The van der Waals surface area contributed by atoms with E-state index < -0.39 is 35.8 Å². The zero-order valence-electron chi connectivity index (χ0n) is 11.6. The Balaban J connectivity index is 1.74. The number of carbonyl (C=O) groups excluding carboxylic acids is 3. The van der Waals surface area contributed by atoms with Gasteiger partial charge in [0.1, 0.15) is 11.6 Å². The number of carbonyl (C=O) groups is 3. The molecule has 3 rings (SSSR count). The molecule has 0 unspecified atom stereocenters. The van der Waals surface area contributed by atoms with E-state index >= 15 is 0 Å². The Hall–Kier alpha value is -3.09. The van der Waals surface area contributed by atoms with Gasteiger partial charge in [0.2, 0.25) is 0 Å². The number of amides is 2. The first-order valence-electron chi connectivity index (χ1n) is 6.60. The Labute approximate surface area is 129 Å². The monoisotopic (exact) mass is 317 g/mol. The Bertz CT molecular complexity index is 800. The van der Waals surface area contributed by atoms with Crippen LogP contribution in [0.1, 0.15) is 26.3 Å². The summed E-state index contributed by atoms with van der Waals surface area (Å²) in [5.74, 6) is -4.23. The van der Waals surface area contributed by atoms with E-state index in [0.29, 0.717) is 11.1 Å². The van der Waals surface area contributed by atoms with Gasteiger partial charge in [0, 0.05) is 6.07 Å². The van der Waals surface area contributed by atoms with Gasteiger partial charge in [-0.1, -0.05) is 23.3 Å². The average molecular weight is 317 g/mol. The van der Waals surface area contributed by atoms with Crippen molar-refractivity contribution in [3.05, 3.63) is 70.8 Å². The normalized spacial score (nSPS) is 13.2. The van der Waals surface area contributed by atoms with Gasteiger partial charge >= 0.3 is 5.97 Å². The molecule has 23 heavy (non-hydrogen) atoms. The highest BCUT2D eigenvalue weighted by atomic mass is 19.1. The van der Waals surface area contributed by atoms with Gasteiger partial charge < -0.3 is 4.84 Å². The summed E-state index contributed by atoms with van der Waals surface area (Å²) in [5.41, 5.74) is 0.143. The molecule has 7 heteroatoms. The van der Waals surface area contributed by atoms with Gasteiger partial charge in [-0.05, 0) is 23.8 Å². The highest BCUT2D eigenvalue weighted by molar-refractivity contribution is 6.20. The highest BCUT2D eigenvalue weighted by Crippen LogP contribution is 2.23. The maximum absolute atomic E-state index is 13.5. The number of rotatable bonds is 3. The molecule has 0 saturated heterocycles. The standard InChI is InChI=1S/C16H9F2NO4/c17-10-6-5-9(13(18)8-10)7-14(20)23-19-15(21)11-3-1-2-4-12(11)16(19)22/h1-6,8H,7H2. The van der Waals surface area contributed by atoms with Crippen molar-refractivity contribution in [2.45, 2.75) is 6.42 Å². The van der Waals surface area contributed by atoms with E-state index in [0.717, 1.165) is 12.1 Å². The van der Waals surface area contributed by atoms with Gasteiger partial charge in [0.15, 0.2) is 0 Å². The van der Waals surface area contributed by atoms with Crippen LogP contribution in [0.15, 0.2) is 42.5 Å². The van der Waals surface area contributed by atoms with Gasteiger partial charge in [-0.15, -0.1) is 0 Å². The van der Waals surface area contributed by atoms with Crippen molar-refractivity contribution in [2.75, 3.05) is 0 Å². The third-order valence-corrected chi connectivity index (χ3v) is 3.30. The van der Waals surface area contributed by atoms with E-state index in [-0.39, 0.29) is 16.7 Å². The average Bonchev–Trinajstić information content (AvgIpc) is 2.76. The Morgan fingerprint density at radius 2 is 1.61 bits per heavy atom. The molecule has 0 fully saturated rings. The predicted molar refractivity (Wildman–Crippen MR) is 73.1 cm³/mol. The van der Waals surface area contributed by atoms with Gasteiger partial charge in [-0.3, -0.25) is 9.59 Å². The number of hydrogen-bond donors (Lipinski definition) is 0. The lowest BCUT2D eigenvalue weighted by Crippen LogP contribution is -2.33. The molecule has 1 aliphatic rings. The van der Waals surface area contributed by atoms with Crippen LogP contribution in [-0.2, 0) is 16.1 Å². The summed E-state index contributed by atoms with van der Waals surface area (Å²) in [4.78, 5) is 40.6. The molecule has 0 aromatic heterocycles. The Morgan fingerprint density at radius 1 is 1.00 bits per heavy atom. The van der Waals surface area contributed by atoms with Gasteiger partial charge in [0.05, 0.1) is 17.5 Å². The van der Waals surface area contributed by atoms with E-state index in [9.17, 15) is 23.2 Å². The molecule has 0 aliphatic carbocycles. The number of imide groups is 1. The summed E-state index contributed by atoms with van der Waals surface area (Å²) in [6.07, 6.45) is -0.542. The smallest absolute Gasteiger partial charge is 0.329 e. The van der Waals surface area contributed by atoms with Crippen LogP contribution in [0, 0.1) is 11.6 Å². The SMILES string of the molecule is O=C(Cc1ccc(F)cc1F)ON1C(=O)c2ccccc2C1=O. The second kappa shape index (κ2) is 5.60. The molecule has 0 spiro atoms. The Kier molecular flexibility index (Phi) is 3.61. The van der Waals surface area contributed by atoms with Crippen LogP contribution >= 0.6 is 0 Å². The fraction of sp³-hybridized carbons (Fsp3) is 0.0625. The molecule has 0 bridgehead atoms. The molecular formula is C16H9F2NO4. The summed E-state index contributed by atoms with van der Waals surface area (Å²) in [7, 11) is 0. The lowest BCUT2D eigenvalue weighted by Gasteiger charge is -2.12. The van der Waals surface area contributed by atoms with Crippen LogP contribution in [0.3, 0.4) is 0 Å². The summed E-state index contributed by atoms with van der Waals surface area (Å²) in [6.45, 7) is 0. The van der Waals surface area contributed by atoms with E-state index in [1.807, 2.05) is 0 Å². The lowest BCUT2D eigenvalue weighted by atomic mass is 10.1. The minimum absolute atomic E-state index is 0.104. The van der Waals surface area contributed by atoms with Crippen LogP contribution in [0.25, 0.3) is 0 Å². The molecule has 1 heterocycles. The van der Waals surface area contributed by atoms with Crippen LogP contribution in [0.5, 0.6) is 0 Å². The van der Waals surface area contributed by atoms with Crippen molar-refractivity contribution >= 4 is 17.8 Å². The number of halogens is 2. The van der Waals surface area contributed by atoms with Crippen molar-refractivity contribution in [2.24, 2.45) is 0 Å². The molecular weight excluding hydrogens is 308 g/mol. The topological polar surface area (TPSA) is 63.7 Å². The molecule has 0 radical (unpaired) electrons. The molecule has 1 aliphatic heterocycles. The summed E-state index contributed by atoms with van der Waals surface area (Å²) in [5, 5.41) is 0.342. The molecule has 0 atom stereocenters. The maximum Gasteiger partial charge on any atom is 0.337 e. The second-order valence-electron chi connectivity index (χ2n) is 4.83. The van der Waals surface area contributed by atoms with E-state index in [1.54, 1.807) is 12.1 Å². The fourth-order valence-corrected chi connectivity index (χ4v) is 2.20. The van der Waals surface area contributed by atoms with Crippen molar-refractivity contribution < 1.29 is 28.0 Å². The molecule has 5 nitrogen and oxygen atoms in total. The zero-order valence-corrected chi connectivity index (χ0v) is 11.6. The van der Waals surface area contributed by atoms with E-state index in [2.05, 4.69) is 0 Å². The largest absolute Gasteiger partial charge is 0.337 e. The zero-order chi connectivity index (χ0) is 16.6. The minimum Gasteiger partial charge on any atom is -0.329 e. The first-order chi connectivity index (χ1) is 11.0. The molecule has 2 aromatic carbocycles. The fourth-order valence-electron chi connectivity index (χ4n) is 2.20. The number of benzene rings is 2. The van der Waals surface area contributed by atoms with Gasteiger partial charge in [-0.25, -0.2) is 13.6 Å². The number of fused-ring (bicyclic) bond motifs is 1. The van der Waals surface area contributed by atoms with Crippen LogP contribution in [-0.4, -0.2) is 22.8 Å². The van der Waals surface area contributed by atoms with Crippen LogP contribution in [0.4, 0.5) is 8.78 Å². The van der Waals surface area contributed by atoms with Crippen molar-refractivity contribution in [1.82, 2.24) is 5.06 Å². The van der Waals surface area contributed by atoms with Gasteiger partial charge in [0.25, 0.3) is 11.8 Å². The quantitative estimate of drug-likeness (QED) is 0.815. The van der Waals surface area contributed by atoms with Crippen molar-refractivity contribution in [3.8, 4) is 0 Å². The summed E-state index contributed by atoms with van der Waals surface area (Å²) >= 11 is 0. The third-order valence-electron chi connectivity index (χ3n) is 3.30.